The molecule has 0 spiro atoms. The Morgan fingerprint density at radius 2 is 1.89 bits per heavy atom. The topological polar surface area (TPSA) is 108 Å². The summed E-state index contributed by atoms with van der Waals surface area (Å²) >= 11 is 0. The lowest BCUT2D eigenvalue weighted by Gasteiger charge is -2.18. The number of carbonyl (C=O) groups excluding carboxylic acids is 2. The molecule has 1 aliphatic rings. The third-order valence-electron chi connectivity index (χ3n) is 2.86. The highest BCUT2D eigenvalue weighted by molar-refractivity contribution is 5.91. The van der Waals surface area contributed by atoms with Crippen LogP contribution in [-0.4, -0.2) is 47.6 Å². The Hall–Kier alpha value is -1.63. The van der Waals surface area contributed by atoms with Crippen molar-refractivity contribution in [1.29, 1.82) is 0 Å². The summed E-state index contributed by atoms with van der Waals surface area (Å²) in [7, 11) is 0. The molecule has 2 amide bonds. The third-order valence-corrected chi connectivity index (χ3v) is 2.86. The fraction of sp³-hybridized carbons (Fsp3) is 0.727. The van der Waals surface area contributed by atoms with E-state index in [1.54, 1.807) is 0 Å². The van der Waals surface area contributed by atoms with Crippen LogP contribution in [0.2, 0.25) is 0 Å². The van der Waals surface area contributed by atoms with Gasteiger partial charge in [-0.15, -0.1) is 0 Å². The molecule has 0 unspecified atom stereocenters. The fourth-order valence-electron chi connectivity index (χ4n) is 1.69. The maximum atomic E-state index is 11.7. The number of hydrogen-bond acceptors (Lipinski definition) is 4. The van der Waals surface area contributed by atoms with E-state index in [1.807, 2.05) is 0 Å². The number of carboxylic acids is 1. The molecule has 1 fully saturated rings. The molecule has 7 nitrogen and oxygen atoms in total. The van der Waals surface area contributed by atoms with Crippen molar-refractivity contribution in [2.45, 2.75) is 44.8 Å². The minimum absolute atomic E-state index is 0.224. The van der Waals surface area contributed by atoms with Crippen molar-refractivity contribution in [1.82, 2.24) is 16.0 Å². The van der Waals surface area contributed by atoms with Gasteiger partial charge in [-0.25, -0.2) is 0 Å². The van der Waals surface area contributed by atoms with E-state index in [2.05, 4.69) is 16.0 Å². The van der Waals surface area contributed by atoms with Crippen LogP contribution in [0, 0.1) is 0 Å². The summed E-state index contributed by atoms with van der Waals surface area (Å²) in [6.07, 6.45) is 1.69. The van der Waals surface area contributed by atoms with E-state index in [4.69, 9.17) is 5.11 Å². The standard InChI is InChI=1S/C11H19N3O4/c1-6(9(15)14-7(2)11(17)18)13-10(16)8-4-3-5-12-8/h6-8,12H,3-5H2,1-2H3,(H,13,16)(H,14,15)(H,17,18)/t6-,7+,8+/m0/s1. The van der Waals surface area contributed by atoms with E-state index in [1.165, 1.54) is 13.8 Å². The molecule has 1 saturated heterocycles. The molecule has 0 bridgehead atoms. The summed E-state index contributed by atoms with van der Waals surface area (Å²) in [6, 6.07) is -1.97. The van der Waals surface area contributed by atoms with Gasteiger partial charge in [-0.1, -0.05) is 0 Å². The van der Waals surface area contributed by atoms with Crippen LogP contribution in [0.1, 0.15) is 26.7 Å². The quantitative estimate of drug-likeness (QED) is 0.496. The maximum absolute atomic E-state index is 11.7. The van der Waals surface area contributed by atoms with E-state index < -0.39 is 24.0 Å². The number of aliphatic carboxylic acids is 1. The zero-order chi connectivity index (χ0) is 13.7. The van der Waals surface area contributed by atoms with Crippen molar-refractivity contribution >= 4 is 17.8 Å². The number of rotatable bonds is 5. The fourth-order valence-corrected chi connectivity index (χ4v) is 1.69. The molecular formula is C11H19N3O4. The Morgan fingerprint density at radius 3 is 2.39 bits per heavy atom. The smallest absolute Gasteiger partial charge is 0.325 e. The van der Waals surface area contributed by atoms with Crippen molar-refractivity contribution in [3.8, 4) is 0 Å². The molecule has 102 valence electrons. The molecule has 1 rings (SSSR count). The van der Waals surface area contributed by atoms with Crippen molar-refractivity contribution < 1.29 is 19.5 Å². The van der Waals surface area contributed by atoms with E-state index >= 15 is 0 Å². The molecule has 7 heteroatoms. The summed E-state index contributed by atoms with van der Waals surface area (Å²) in [5.41, 5.74) is 0. The van der Waals surface area contributed by atoms with Gasteiger partial charge < -0.3 is 21.1 Å². The SMILES string of the molecule is C[C@H](NC(=O)[C@H]1CCCN1)C(=O)N[C@H](C)C(=O)O. The first-order valence-corrected chi connectivity index (χ1v) is 5.98. The molecule has 0 saturated carbocycles. The molecule has 3 atom stereocenters. The van der Waals surface area contributed by atoms with Crippen LogP contribution in [0.5, 0.6) is 0 Å². The van der Waals surface area contributed by atoms with E-state index in [-0.39, 0.29) is 11.9 Å². The monoisotopic (exact) mass is 257 g/mol. The van der Waals surface area contributed by atoms with Gasteiger partial charge in [0.2, 0.25) is 11.8 Å². The second-order valence-electron chi connectivity index (χ2n) is 4.45. The molecule has 1 aliphatic heterocycles. The van der Waals surface area contributed by atoms with Crippen molar-refractivity contribution in [3.05, 3.63) is 0 Å². The zero-order valence-electron chi connectivity index (χ0n) is 10.5. The normalized spacial score (nSPS) is 22.0. The van der Waals surface area contributed by atoms with Crippen LogP contribution in [-0.2, 0) is 14.4 Å². The minimum Gasteiger partial charge on any atom is -0.480 e. The van der Waals surface area contributed by atoms with Gasteiger partial charge in [-0.05, 0) is 33.2 Å². The van der Waals surface area contributed by atoms with Crippen LogP contribution in [0.3, 0.4) is 0 Å². The van der Waals surface area contributed by atoms with Crippen LogP contribution >= 0.6 is 0 Å². The van der Waals surface area contributed by atoms with Gasteiger partial charge in [-0.2, -0.15) is 0 Å². The van der Waals surface area contributed by atoms with Crippen LogP contribution < -0.4 is 16.0 Å². The minimum atomic E-state index is -1.11. The summed E-state index contributed by atoms with van der Waals surface area (Å²) < 4.78 is 0. The van der Waals surface area contributed by atoms with E-state index in [9.17, 15) is 14.4 Å². The number of amides is 2. The largest absolute Gasteiger partial charge is 0.480 e. The van der Waals surface area contributed by atoms with Crippen LogP contribution in [0.25, 0.3) is 0 Å². The van der Waals surface area contributed by atoms with Gasteiger partial charge in [0.25, 0.3) is 0 Å². The zero-order valence-corrected chi connectivity index (χ0v) is 10.5. The Balaban J connectivity index is 2.39. The second-order valence-corrected chi connectivity index (χ2v) is 4.45. The molecular weight excluding hydrogens is 238 g/mol. The first kappa shape index (κ1) is 14.4. The predicted molar refractivity (Wildman–Crippen MR) is 63.9 cm³/mol. The Bertz CT molecular complexity index is 339. The lowest BCUT2D eigenvalue weighted by molar-refractivity contribution is -0.141. The number of hydrogen-bond donors (Lipinski definition) is 4. The molecule has 0 aromatic rings. The van der Waals surface area contributed by atoms with E-state index in [0.717, 1.165) is 19.4 Å². The Labute approximate surface area is 105 Å². The lowest BCUT2D eigenvalue weighted by atomic mass is 10.2. The van der Waals surface area contributed by atoms with Gasteiger partial charge in [-0.3, -0.25) is 14.4 Å². The predicted octanol–water partition coefficient (Wildman–Crippen LogP) is -1.17. The highest BCUT2D eigenvalue weighted by atomic mass is 16.4. The van der Waals surface area contributed by atoms with Gasteiger partial charge in [0.1, 0.15) is 12.1 Å². The van der Waals surface area contributed by atoms with Gasteiger partial charge in [0.05, 0.1) is 6.04 Å². The maximum Gasteiger partial charge on any atom is 0.325 e. The molecule has 0 aromatic heterocycles. The molecule has 0 radical (unpaired) electrons. The molecule has 18 heavy (non-hydrogen) atoms. The number of carboxylic acid groups (broad SMARTS) is 1. The summed E-state index contributed by atoms with van der Waals surface area (Å²) in [6.45, 7) is 3.69. The first-order chi connectivity index (χ1) is 8.41. The molecule has 0 aliphatic carbocycles. The lowest BCUT2D eigenvalue weighted by Crippen LogP contribution is -2.52. The average molecular weight is 257 g/mol. The first-order valence-electron chi connectivity index (χ1n) is 5.98. The average Bonchev–Trinajstić information content (AvgIpc) is 2.81. The summed E-state index contributed by atoms with van der Waals surface area (Å²) in [5, 5.41) is 16.5. The Morgan fingerprint density at radius 1 is 1.22 bits per heavy atom. The highest BCUT2D eigenvalue weighted by Gasteiger charge is 2.26. The van der Waals surface area contributed by atoms with Gasteiger partial charge in [0, 0.05) is 0 Å². The molecule has 1 heterocycles. The van der Waals surface area contributed by atoms with E-state index in [0.29, 0.717) is 0 Å². The van der Waals surface area contributed by atoms with Crippen molar-refractivity contribution in [2.24, 2.45) is 0 Å². The molecule has 4 N–H and O–H groups in total. The Kier molecular flexibility index (Phi) is 5.08. The number of nitrogens with one attached hydrogen (secondary N) is 3. The third kappa shape index (κ3) is 3.99. The summed E-state index contributed by atoms with van der Waals surface area (Å²) in [5.74, 6) is -1.84. The second kappa shape index (κ2) is 6.34. The molecule has 0 aromatic carbocycles. The van der Waals surface area contributed by atoms with Gasteiger partial charge >= 0.3 is 5.97 Å². The highest BCUT2D eigenvalue weighted by Crippen LogP contribution is 2.04. The van der Waals surface area contributed by atoms with Crippen LogP contribution in [0.15, 0.2) is 0 Å². The van der Waals surface area contributed by atoms with Crippen molar-refractivity contribution in [3.63, 3.8) is 0 Å². The van der Waals surface area contributed by atoms with Crippen LogP contribution in [0.4, 0.5) is 0 Å². The number of carbonyl (C=O) groups is 3. The van der Waals surface area contributed by atoms with Crippen molar-refractivity contribution in [2.75, 3.05) is 6.54 Å². The van der Waals surface area contributed by atoms with Gasteiger partial charge in [0.15, 0.2) is 0 Å². The summed E-state index contributed by atoms with van der Waals surface area (Å²) in [4.78, 5) is 33.9.